The minimum absolute atomic E-state index is 0.157. The van der Waals surface area contributed by atoms with Crippen molar-refractivity contribution < 1.29 is 9.53 Å². The Morgan fingerprint density at radius 3 is 2.69 bits per heavy atom. The standard InChI is InChI=1S/C12H22N2O2/c1-16-9-12(4-6-13-7-5-12)8-14-11(15)10-2-3-10/h10,13H,2-9H2,1H3,(H,14,15). The lowest BCUT2D eigenvalue weighted by Gasteiger charge is -2.37. The van der Waals surface area contributed by atoms with E-state index in [0.29, 0.717) is 5.92 Å². The summed E-state index contributed by atoms with van der Waals surface area (Å²) in [7, 11) is 1.74. The van der Waals surface area contributed by atoms with Gasteiger partial charge in [0.05, 0.1) is 6.61 Å². The molecule has 0 aromatic heterocycles. The molecule has 1 saturated carbocycles. The molecule has 0 spiro atoms. The molecule has 1 amide bonds. The SMILES string of the molecule is COCC1(CNC(=O)C2CC2)CCNCC1. The molecule has 16 heavy (non-hydrogen) atoms. The molecule has 4 heteroatoms. The van der Waals surface area contributed by atoms with Crippen LogP contribution in [0.3, 0.4) is 0 Å². The van der Waals surface area contributed by atoms with Gasteiger partial charge in [-0.3, -0.25) is 4.79 Å². The quantitative estimate of drug-likeness (QED) is 0.719. The summed E-state index contributed by atoms with van der Waals surface area (Å²) in [6, 6.07) is 0. The maximum atomic E-state index is 11.6. The van der Waals surface area contributed by atoms with Crippen molar-refractivity contribution in [2.24, 2.45) is 11.3 Å². The average Bonchev–Trinajstić information content (AvgIpc) is 3.12. The van der Waals surface area contributed by atoms with E-state index in [-0.39, 0.29) is 11.3 Å². The van der Waals surface area contributed by atoms with Gasteiger partial charge in [-0.25, -0.2) is 0 Å². The highest BCUT2D eigenvalue weighted by atomic mass is 16.5. The van der Waals surface area contributed by atoms with Crippen LogP contribution in [0.2, 0.25) is 0 Å². The van der Waals surface area contributed by atoms with Crippen LogP contribution in [0.5, 0.6) is 0 Å². The Kier molecular flexibility index (Phi) is 3.82. The number of hydrogen-bond acceptors (Lipinski definition) is 3. The normalized spacial score (nSPS) is 24.1. The lowest BCUT2D eigenvalue weighted by atomic mass is 9.79. The minimum atomic E-state index is 0.157. The molecule has 92 valence electrons. The average molecular weight is 226 g/mol. The van der Waals surface area contributed by atoms with Crippen molar-refractivity contribution in [1.29, 1.82) is 0 Å². The van der Waals surface area contributed by atoms with E-state index in [2.05, 4.69) is 10.6 Å². The number of hydrogen-bond donors (Lipinski definition) is 2. The molecule has 1 saturated heterocycles. The van der Waals surface area contributed by atoms with Gasteiger partial charge in [-0.2, -0.15) is 0 Å². The number of ether oxygens (including phenoxy) is 1. The van der Waals surface area contributed by atoms with Gasteiger partial charge in [-0.15, -0.1) is 0 Å². The number of methoxy groups -OCH3 is 1. The van der Waals surface area contributed by atoms with Crippen LogP contribution >= 0.6 is 0 Å². The zero-order valence-corrected chi connectivity index (χ0v) is 10.1. The highest BCUT2D eigenvalue weighted by Gasteiger charge is 2.35. The van der Waals surface area contributed by atoms with Crippen LogP contribution in [0.4, 0.5) is 0 Å². The number of rotatable bonds is 5. The molecule has 0 aromatic rings. The van der Waals surface area contributed by atoms with E-state index < -0.39 is 0 Å². The van der Waals surface area contributed by atoms with Gasteiger partial charge < -0.3 is 15.4 Å². The fraction of sp³-hybridized carbons (Fsp3) is 0.917. The largest absolute Gasteiger partial charge is 0.384 e. The molecule has 2 aliphatic rings. The summed E-state index contributed by atoms with van der Waals surface area (Å²) in [5.41, 5.74) is 0.157. The summed E-state index contributed by atoms with van der Waals surface area (Å²) >= 11 is 0. The first-order valence-corrected chi connectivity index (χ1v) is 6.23. The number of carbonyl (C=O) groups is 1. The summed E-state index contributed by atoms with van der Waals surface area (Å²) in [5.74, 6) is 0.551. The molecule has 0 atom stereocenters. The van der Waals surface area contributed by atoms with Gasteiger partial charge in [-0.05, 0) is 38.8 Å². The highest BCUT2D eigenvalue weighted by molar-refractivity contribution is 5.80. The first kappa shape index (κ1) is 11.9. The number of carbonyl (C=O) groups excluding carboxylic acids is 1. The number of piperidine rings is 1. The summed E-state index contributed by atoms with van der Waals surface area (Å²) < 4.78 is 5.31. The van der Waals surface area contributed by atoms with Crippen molar-refractivity contribution in [2.45, 2.75) is 25.7 Å². The third-order valence-corrected chi connectivity index (χ3v) is 3.70. The van der Waals surface area contributed by atoms with Gasteiger partial charge >= 0.3 is 0 Å². The summed E-state index contributed by atoms with van der Waals surface area (Å²) in [5, 5.41) is 6.45. The van der Waals surface area contributed by atoms with Gasteiger partial charge in [0.2, 0.25) is 5.91 Å². The molecular formula is C12H22N2O2. The first-order valence-electron chi connectivity index (χ1n) is 6.23. The predicted molar refractivity (Wildman–Crippen MR) is 62.1 cm³/mol. The van der Waals surface area contributed by atoms with Crippen LogP contribution in [0, 0.1) is 11.3 Å². The molecule has 1 heterocycles. The second-order valence-electron chi connectivity index (χ2n) is 5.18. The van der Waals surface area contributed by atoms with E-state index in [1.807, 2.05) is 0 Å². The van der Waals surface area contributed by atoms with E-state index in [1.165, 1.54) is 0 Å². The van der Waals surface area contributed by atoms with Gasteiger partial charge in [0.15, 0.2) is 0 Å². The summed E-state index contributed by atoms with van der Waals surface area (Å²) in [6.07, 6.45) is 4.33. The Labute approximate surface area is 97.1 Å². The van der Waals surface area contributed by atoms with E-state index >= 15 is 0 Å². The first-order chi connectivity index (χ1) is 7.76. The maximum absolute atomic E-state index is 11.6. The highest BCUT2D eigenvalue weighted by Crippen LogP contribution is 2.31. The van der Waals surface area contributed by atoms with E-state index in [4.69, 9.17) is 4.74 Å². The van der Waals surface area contributed by atoms with Gasteiger partial charge in [0.25, 0.3) is 0 Å². The van der Waals surface area contributed by atoms with E-state index in [0.717, 1.165) is 51.9 Å². The third kappa shape index (κ3) is 2.95. The van der Waals surface area contributed by atoms with Gasteiger partial charge in [-0.1, -0.05) is 0 Å². The fourth-order valence-electron chi connectivity index (χ4n) is 2.40. The fourth-order valence-corrected chi connectivity index (χ4v) is 2.40. The molecule has 0 radical (unpaired) electrons. The monoisotopic (exact) mass is 226 g/mol. The smallest absolute Gasteiger partial charge is 0.223 e. The van der Waals surface area contributed by atoms with Crippen molar-refractivity contribution in [3.8, 4) is 0 Å². The van der Waals surface area contributed by atoms with E-state index in [1.54, 1.807) is 7.11 Å². The Morgan fingerprint density at radius 1 is 1.44 bits per heavy atom. The van der Waals surface area contributed by atoms with Crippen molar-refractivity contribution in [3.63, 3.8) is 0 Å². The van der Waals surface area contributed by atoms with E-state index in [9.17, 15) is 4.79 Å². The second-order valence-corrected chi connectivity index (χ2v) is 5.18. The molecule has 2 N–H and O–H groups in total. The van der Waals surface area contributed by atoms with Crippen molar-refractivity contribution >= 4 is 5.91 Å². The lowest BCUT2D eigenvalue weighted by Crippen LogP contribution is -2.47. The molecular weight excluding hydrogens is 204 g/mol. The van der Waals surface area contributed by atoms with Gasteiger partial charge in [0.1, 0.15) is 0 Å². The zero-order chi connectivity index (χ0) is 11.4. The van der Waals surface area contributed by atoms with Crippen LogP contribution in [0.15, 0.2) is 0 Å². The molecule has 1 aliphatic heterocycles. The molecule has 0 bridgehead atoms. The topological polar surface area (TPSA) is 50.4 Å². The van der Waals surface area contributed by atoms with Crippen LogP contribution in [0.1, 0.15) is 25.7 Å². The van der Waals surface area contributed by atoms with Crippen LogP contribution < -0.4 is 10.6 Å². The molecule has 0 aromatic carbocycles. The Morgan fingerprint density at radius 2 is 2.12 bits per heavy atom. The second kappa shape index (κ2) is 5.15. The number of amides is 1. The molecule has 0 unspecified atom stereocenters. The minimum Gasteiger partial charge on any atom is -0.384 e. The molecule has 1 aliphatic carbocycles. The number of nitrogens with one attached hydrogen (secondary N) is 2. The van der Waals surface area contributed by atoms with Crippen molar-refractivity contribution in [1.82, 2.24) is 10.6 Å². The predicted octanol–water partition coefficient (Wildman–Crippen LogP) is 0.529. The van der Waals surface area contributed by atoms with Gasteiger partial charge in [0, 0.05) is 25.0 Å². The molecule has 4 nitrogen and oxygen atoms in total. The van der Waals surface area contributed by atoms with Crippen LogP contribution in [-0.2, 0) is 9.53 Å². The summed E-state index contributed by atoms with van der Waals surface area (Å²) in [6.45, 7) is 3.59. The van der Waals surface area contributed by atoms with Crippen molar-refractivity contribution in [2.75, 3.05) is 33.4 Å². The molecule has 2 rings (SSSR count). The lowest BCUT2D eigenvalue weighted by molar-refractivity contribution is -0.123. The molecule has 2 fully saturated rings. The summed E-state index contributed by atoms with van der Waals surface area (Å²) in [4.78, 5) is 11.6. The Bertz CT molecular complexity index is 240. The Balaban J connectivity index is 1.83. The zero-order valence-electron chi connectivity index (χ0n) is 10.1. The maximum Gasteiger partial charge on any atom is 0.223 e. The van der Waals surface area contributed by atoms with Crippen LogP contribution in [-0.4, -0.2) is 39.3 Å². The van der Waals surface area contributed by atoms with Crippen LogP contribution in [0.25, 0.3) is 0 Å². The van der Waals surface area contributed by atoms with Crippen molar-refractivity contribution in [3.05, 3.63) is 0 Å². The third-order valence-electron chi connectivity index (χ3n) is 3.70. The Hall–Kier alpha value is -0.610.